The van der Waals surface area contributed by atoms with E-state index in [1.165, 1.54) is 11.3 Å². The molecule has 3 aromatic rings. The number of hydrogen-bond donors (Lipinski definition) is 2. The smallest absolute Gasteiger partial charge is 0.265 e. The number of rotatable bonds is 4. The van der Waals surface area contributed by atoms with Crippen LogP contribution in [0.2, 0.25) is 0 Å². The highest BCUT2D eigenvalue weighted by Gasteiger charge is 2.19. The monoisotopic (exact) mass is 380 g/mol. The number of fused-ring (bicyclic) bond motifs is 1. The predicted octanol–water partition coefficient (Wildman–Crippen LogP) is 4.02. The summed E-state index contributed by atoms with van der Waals surface area (Å²) in [7, 11) is 3.47. The molecule has 134 valence electrons. The van der Waals surface area contributed by atoms with E-state index in [0.717, 1.165) is 15.9 Å². The molecule has 25 heavy (non-hydrogen) atoms. The number of anilines is 2. The van der Waals surface area contributed by atoms with Crippen molar-refractivity contribution in [3.63, 3.8) is 0 Å². The molecule has 3 rings (SSSR count). The molecular weight excluding hydrogens is 360 g/mol. The predicted molar refractivity (Wildman–Crippen MR) is 105 cm³/mol. The van der Waals surface area contributed by atoms with Gasteiger partial charge < -0.3 is 15.8 Å². The number of halogens is 1. The maximum Gasteiger partial charge on any atom is 0.265 e. The Kier molecular flexibility index (Phi) is 5.59. The number of nitrogens with zero attached hydrogens (tertiary/aromatic N) is 2. The number of carbonyl (C=O) groups excluding carboxylic acids is 1. The van der Waals surface area contributed by atoms with Crippen LogP contribution in [0.5, 0.6) is 5.75 Å². The van der Waals surface area contributed by atoms with Crippen molar-refractivity contribution in [3.8, 4) is 5.75 Å². The molecule has 3 N–H and O–H groups in total. The molecule has 2 heterocycles. The van der Waals surface area contributed by atoms with Crippen LogP contribution in [-0.2, 0) is 7.05 Å². The quantitative estimate of drug-likeness (QED) is 0.669. The second kappa shape index (κ2) is 7.33. The lowest BCUT2D eigenvalue weighted by Crippen LogP contribution is -2.11. The highest BCUT2D eigenvalue weighted by atomic mass is 35.5. The Morgan fingerprint density at radius 3 is 2.72 bits per heavy atom. The van der Waals surface area contributed by atoms with Gasteiger partial charge in [0.2, 0.25) is 0 Å². The van der Waals surface area contributed by atoms with Crippen molar-refractivity contribution in [1.82, 2.24) is 9.78 Å². The zero-order chi connectivity index (χ0) is 17.4. The van der Waals surface area contributed by atoms with Crippen LogP contribution in [0.25, 0.3) is 10.2 Å². The van der Waals surface area contributed by atoms with Gasteiger partial charge in [-0.05, 0) is 24.1 Å². The average molecular weight is 381 g/mol. The van der Waals surface area contributed by atoms with E-state index >= 15 is 0 Å². The van der Waals surface area contributed by atoms with Crippen LogP contribution in [0.3, 0.4) is 0 Å². The molecule has 0 saturated heterocycles. The van der Waals surface area contributed by atoms with Crippen LogP contribution >= 0.6 is 23.7 Å². The van der Waals surface area contributed by atoms with E-state index in [2.05, 4.69) is 24.3 Å². The molecule has 6 nitrogen and oxygen atoms in total. The maximum absolute atomic E-state index is 12.6. The molecule has 0 aliphatic carbocycles. The number of thiophene rings is 1. The van der Waals surface area contributed by atoms with Gasteiger partial charge in [0, 0.05) is 18.5 Å². The number of nitrogen functional groups attached to an aromatic ring is 1. The van der Waals surface area contributed by atoms with Crippen molar-refractivity contribution < 1.29 is 9.53 Å². The highest BCUT2D eigenvalue weighted by Crippen LogP contribution is 2.32. The second-order valence-corrected chi connectivity index (χ2v) is 6.93. The Morgan fingerprint density at radius 2 is 2.08 bits per heavy atom. The van der Waals surface area contributed by atoms with E-state index in [1.54, 1.807) is 25.3 Å². The molecule has 0 bridgehead atoms. The topological polar surface area (TPSA) is 82.2 Å². The van der Waals surface area contributed by atoms with Crippen molar-refractivity contribution in [2.45, 2.75) is 19.8 Å². The van der Waals surface area contributed by atoms with Crippen molar-refractivity contribution in [2.24, 2.45) is 7.05 Å². The van der Waals surface area contributed by atoms with E-state index in [0.29, 0.717) is 27.9 Å². The van der Waals surface area contributed by atoms with Crippen molar-refractivity contribution in [2.75, 3.05) is 18.2 Å². The van der Waals surface area contributed by atoms with Gasteiger partial charge in [0.05, 0.1) is 29.1 Å². The van der Waals surface area contributed by atoms with Crippen molar-refractivity contribution in [1.29, 1.82) is 0 Å². The third-order valence-electron chi connectivity index (χ3n) is 3.82. The van der Waals surface area contributed by atoms with E-state index in [-0.39, 0.29) is 18.3 Å². The van der Waals surface area contributed by atoms with Crippen LogP contribution in [0.1, 0.15) is 35.1 Å². The van der Waals surface area contributed by atoms with Crippen LogP contribution in [0.4, 0.5) is 11.4 Å². The number of nitrogens with two attached hydrogens (primary N) is 1. The zero-order valence-corrected chi connectivity index (χ0v) is 16.1. The molecule has 0 radical (unpaired) electrons. The van der Waals surface area contributed by atoms with E-state index in [9.17, 15) is 4.79 Å². The van der Waals surface area contributed by atoms with Crippen LogP contribution in [0, 0.1) is 0 Å². The standard InChI is InChI=1S/C17H20N4O2S.ClH/c1-9(2)15-11-8-14(24-17(11)21(3)20-15)16(22)19-13-7-10(23-4)5-6-12(13)18;/h5-9H,18H2,1-4H3,(H,19,22);1H. The van der Waals surface area contributed by atoms with Crippen LogP contribution in [0.15, 0.2) is 24.3 Å². The molecule has 1 amide bonds. The zero-order valence-electron chi connectivity index (χ0n) is 14.5. The molecular formula is C17H21ClN4O2S. The molecule has 0 saturated carbocycles. The summed E-state index contributed by atoms with van der Waals surface area (Å²) < 4.78 is 7.00. The summed E-state index contributed by atoms with van der Waals surface area (Å²) in [6.45, 7) is 4.19. The van der Waals surface area contributed by atoms with Crippen molar-refractivity contribution in [3.05, 3.63) is 34.8 Å². The van der Waals surface area contributed by atoms with E-state index in [1.807, 2.05) is 17.8 Å². The van der Waals surface area contributed by atoms with Gasteiger partial charge >= 0.3 is 0 Å². The Hall–Kier alpha value is -2.25. The maximum atomic E-state index is 12.6. The Bertz CT molecular complexity index is 917. The fourth-order valence-corrected chi connectivity index (χ4v) is 3.53. The molecule has 0 unspecified atom stereocenters. The summed E-state index contributed by atoms with van der Waals surface area (Å²) in [5.41, 5.74) is 7.97. The minimum Gasteiger partial charge on any atom is -0.497 e. The fourth-order valence-electron chi connectivity index (χ4n) is 2.56. The normalized spacial score (nSPS) is 10.8. The number of carbonyl (C=O) groups is 1. The van der Waals surface area contributed by atoms with Gasteiger partial charge in [-0.15, -0.1) is 23.7 Å². The SMILES string of the molecule is COc1ccc(N)c(NC(=O)c2cc3c(C(C)C)nn(C)c3s2)c1.Cl. The summed E-state index contributed by atoms with van der Waals surface area (Å²) in [6, 6.07) is 7.07. The number of amides is 1. The summed E-state index contributed by atoms with van der Waals surface area (Å²) >= 11 is 1.42. The largest absolute Gasteiger partial charge is 0.497 e. The lowest BCUT2D eigenvalue weighted by Gasteiger charge is -2.09. The molecule has 0 atom stereocenters. The molecule has 0 fully saturated rings. The van der Waals surface area contributed by atoms with E-state index < -0.39 is 0 Å². The second-order valence-electron chi connectivity index (χ2n) is 5.90. The molecule has 0 aliphatic heterocycles. The van der Waals surface area contributed by atoms with Gasteiger partial charge in [-0.25, -0.2) is 0 Å². The summed E-state index contributed by atoms with van der Waals surface area (Å²) in [6.07, 6.45) is 0. The number of ether oxygens (including phenoxy) is 1. The van der Waals surface area contributed by atoms with Crippen LogP contribution < -0.4 is 15.8 Å². The Labute approximate surface area is 156 Å². The lowest BCUT2D eigenvalue weighted by atomic mass is 10.1. The number of aromatic nitrogens is 2. The first kappa shape index (κ1) is 19.1. The minimum absolute atomic E-state index is 0. The Balaban J connectivity index is 0.00000225. The number of benzene rings is 1. The molecule has 2 aromatic heterocycles. The summed E-state index contributed by atoms with van der Waals surface area (Å²) in [4.78, 5) is 14.2. The first-order valence-corrected chi connectivity index (χ1v) is 8.43. The highest BCUT2D eigenvalue weighted by molar-refractivity contribution is 7.20. The average Bonchev–Trinajstić information content (AvgIpc) is 3.10. The fraction of sp³-hybridized carbons (Fsp3) is 0.294. The first-order valence-electron chi connectivity index (χ1n) is 7.62. The van der Waals surface area contributed by atoms with Gasteiger partial charge in [0.25, 0.3) is 5.91 Å². The summed E-state index contributed by atoms with van der Waals surface area (Å²) in [5.74, 6) is 0.751. The number of aryl methyl sites for hydroxylation is 1. The van der Waals surface area contributed by atoms with Gasteiger partial charge in [0.15, 0.2) is 0 Å². The lowest BCUT2D eigenvalue weighted by molar-refractivity contribution is 0.103. The molecule has 0 spiro atoms. The molecule has 8 heteroatoms. The number of nitrogens with one attached hydrogen (secondary N) is 1. The summed E-state index contributed by atoms with van der Waals surface area (Å²) in [5, 5.41) is 8.42. The third-order valence-corrected chi connectivity index (χ3v) is 5.02. The van der Waals surface area contributed by atoms with Gasteiger partial charge in [-0.2, -0.15) is 5.10 Å². The van der Waals surface area contributed by atoms with Gasteiger partial charge in [-0.1, -0.05) is 13.8 Å². The van der Waals surface area contributed by atoms with Gasteiger partial charge in [-0.3, -0.25) is 9.48 Å². The number of hydrogen-bond acceptors (Lipinski definition) is 5. The van der Waals surface area contributed by atoms with Gasteiger partial charge in [0.1, 0.15) is 10.6 Å². The van der Waals surface area contributed by atoms with Crippen molar-refractivity contribution >= 4 is 51.2 Å². The third kappa shape index (κ3) is 3.57. The van der Waals surface area contributed by atoms with E-state index in [4.69, 9.17) is 10.5 Å². The Morgan fingerprint density at radius 1 is 1.36 bits per heavy atom. The number of methoxy groups -OCH3 is 1. The first-order chi connectivity index (χ1) is 11.4. The van der Waals surface area contributed by atoms with Crippen LogP contribution in [-0.4, -0.2) is 22.8 Å². The minimum atomic E-state index is -0.189. The molecule has 0 aliphatic rings. The molecule has 1 aromatic carbocycles.